The molecule has 0 aliphatic heterocycles. The monoisotopic (exact) mass is 416 g/mol. The molecule has 2 heterocycles. The molecular formula is C20H15ClF2N4O2. The van der Waals surface area contributed by atoms with Gasteiger partial charge < -0.3 is 19.6 Å². The Balaban J connectivity index is 1.79. The van der Waals surface area contributed by atoms with Crippen LogP contribution in [0, 0.1) is 11.6 Å². The molecule has 0 unspecified atom stereocenters. The van der Waals surface area contributed by atoms with Gasteiger partial charge in [0.05, 0.1) is 25.5 Å². The van der Waals surface area contributed by atoms with Crippen LogP contribution in [0.5, 0.6) is 5.75 Å². The maximum atomic E-state index is 13.6. The predicted molar refractivity (Wildman–Crippen MR) is 107 cm³/mol. The summed E-state index contributed by atoms with van der Waals surface area (Å²) >= 11 is 6.18. The van der Waals surface area contributed by atoms with E-state index in [1.165, 1.54) is 19.4 Å². The van der Waals surface area contributed by atoms with Gasteiger partial charge in [-0.05, 0) is 35.9 Å². The molecule has 2 aromatic carbocycles. The Labute approximate surface area is 168 Å². The number of aromatic amines is 1. The zero-order valence-electron chi connectivity index (χ0n) is 15.2. The smallest absolute Gasteiger partial charge is 0.316 e. The second-order valence-corrected chi connectivity index (χ2v) is 6.77. The number of hydrogen-bond acceptors (Lipinski definition) is 4. The number of H-pyrrole nitrogens is 1. The Morgan fingerprint density at radius 2 is 2.03 bits per heavy atom. The number of fused-ring (bicyclic) bond motifs is 1. The Morgan fingerprint density at radius 3 is 2.79 bits per heavy atom. The molecule has 2 N–H and O–H groups in total. The maximum Gasteiger partial charge on any atom is 0.316 e. The SMILES string of the molecule is COc1cn(Cc2ccc(F)c(F)c2)c(Nc2cc(Cl)cc3[nH]ccc23)nc1=O. The fraction of sp³-hybridized carbons (Fsp3) is 0.100. The van der Waals surface area contributed by atoms with Crippen LogP contribution in [-0.2, 0) is 6.54 Å². The first-order valence-corrected chi connectivity index (χ1v) is 8.95. The molecule has 0 fully saturated rings. The van der Waals surface area contributed by atoms with Crippen molar-refractivity contribution in [1.29, 1.82) is 0 Å². The van der Waals surface area contributed by atoms with Crippen molar-refractivity contribution < 1.29 is 13.5 Å². The molecule has 0 amide bonds. The largest absolute Gasteiger partial charge is 0.490 e. The summed E-state index contributed by atoms with van der Waals surface area (Å²) in [5.41, 5.74) is 1.36. The van der Waals surface area contributed by atoms with E-state index >= 15 is 0 Å². The van der Waals surface area contributed by atoms with Crippen LogP contribution in [0.2, 0.25) is 5.02 Å². The number of rotatable bonds is 5. The third-order valence-electron chi connectivity index (χ3n) is 4.40. The normalized spacial score (nSPS) is 11.0. The van der Waals surface area contributed by atoms with Crippen LogP contribution in [0.1, 0.15) is 5.56 Å². The van der Waals surface area contributed by atoms with Gasteiger partial charge in [-0.1, -0.05) is 17.7 Å². The highest BCUT2D eigenvalue weighted by Gasteiger charge is 2.13. The minimum absolute atomic E-state index is 0.0241. The van der Waals surface area contributed by atoms with Crippen LogP contribution < -0.4 is 15.6 Å². The average Bonchev–Trinajstić information content (AvgIpc) is 3.15. The van der Waals surface area contributed by atoms with E-state index in [1.54, 1.807) is 22.9 Å². The van der Waals surface area contributed by atoms with Gasteiger partial charge in [0.15, 0.2) is 11.6 Å². The van der Waals surface area contributed by atoms with Crippen molar-refractivity contribution in [3.8, 4) is 5.75 Å². The van der Waals surface area contributed by atoms with Gasteiger partial charge in [-0.3, -0.25) is 4.79 Å². The van der Waals surface area contributed by atoms with E-state index in [0.717, 1.165) is 23.0 Å². The summed E-state index contributed by atoms with van der Waals surface area (Å²) in [6, 6.07) is 8.93. The lowest BCUT2D eigenvalue weighted by Crippen LogP contribution is -2.18. The van der Waals surface area contributed by atoms with Crippen molar-refractivity contribution in [2.45, 2.75) is 6.54 Å². The van der Waals surface area contributed by atoms with Gasteiger partial charge in [-0.25, -0.2) is 8.78 Å². The number of nitrogens with zero attached hydrogens (tertiary/aromatic N) is 2. The number of nitrogens with one attached hydrogen (secondary N) is 2. The zero-order valence-corrected chi connectivity index (χ0v) is 15.9. The molecule has 4 rings (SSSR count). The molecular weight excluding hydrogens is 402 g/mol. The van der Waals surface area contributed by atoms with Crippen molar-refractivity contribution >= 4 is 34.1 Å². The highest BCUT2D eigenvalue weighted by atomic mass is 35.5. The van der Waals surface area contributed by atoms with E-state index in [0.29, 0.717) is 16.3 Å². The number of halogens is 3. The summed E-state index contributed by atoms with van der Waals surface area (Å²) < 4.78 is 33.5. The standard InChI is InChI=1S/C20H15ClF2N4O2/c1-29-18-10-27(9-11-2-3-14(22)15(23)6-11)20(26-19(18)28)25-17-8-12(21)7-16-13(17)4-5-24-16/h2-8,10,24H,9H2,1H3,(H,25,26,28). The van der Waals surface area contributed by atoms with Gasteiger partial charge >= 0.3 is 5.56 Å². The van der Waals surface area contributed by atoms with Gasteiger partial charge in [-0.15, -0.1) is 0 Å². The number of benzene rings is 2. The van der Waals surface area contributed by atoms with Crippen LogP contribution in [0.3, 0.4) is 0 Å². The van der Waals surface area contributed by atoms with E-state index in [2.05, 4.69) is 15.3 Å². The summed E-state index contributed by atoms with van der Waals surface area (Å²) in [5.74, 6) is -1.67. The molecule has 4 aromatic rings. The van der Waals surface area contributed by atoms with Crippen LogP contribution in [0.25, 0.3) is 10.9 Å². The molecule has 0 radical (unpaired) electrons. The van der Waals surface area contributed by atoms with E-state index in [4.69, 9.17) is 16.3 Å². The van der Waals surface area contributed by atoms with Crippen LogP contribution >= 0.6 is 11.6 Å². The van der Waals surface area contributed by atoms with Crippen molar-refractivity contribution in [2.24, 2.45) is 0 Å². The molecule has 0 saturated carbocycles. The molecule has 9 heteroatoms. The predicted octanol–water partition coefficient (Wildman–Crippen LogP) is 4.46. The fourth-order valence-electron chi connectivity index (χ4n) is 3.02. The van der Waals surface area contributed by atoms with Gasteiger partial charge in [0.2, 0.25) is 11.7 Å². The topological polar surface area (TPSA) is 71.9 Å². The Bertz CT molecular complexity index is 1270. The zero-order chi connectivity index (χ0) is 20.5. The molecule has 2 aromatic heterocycles. The molecule has 0 saturated heterocycles. The lowest BCUT2D eigenvalue weighted by atomic mass is 10.2. The molecule has 0 bridgehead atoms. The summed E-state index contributed by atoms with van der Waals surface area (Å²) in [7, 11) is 1.35. The Morgan fingerprint density at radius 1 is 1.21 bits per heavy atom. The van der Waals surface area contributed by atoms with Crippen LogP contribution in [0.15, 0.2) is 53.6 Å². The lowest BCUT2D eigenvalue weighted by molar-refractivity contribution is 0.402. The summed E-state index contributed by atoms with van der Waals surface area (Å²) in [6.07, 6.45) is 3.22. The summed E-state index contributed by atoms with van der Waals surface area (Å²) in [4.78, 5) is 19.3. The van der Waals surface area contributed by atoms with Gasteiger partial charge in [0.25, 0.3) is 0 Å². The molecule has 0 atom stereocenters. The van der Waals surface area contributed by atoms with E-state index in [-0.39, 0.29) is 18.2 Å². The maximum absolute atomic E-state index is 13.6. The first kappa shape index (κ1) is 18.9. The first-order chi connectivity index (χ1) is 13.9. The quantitative estimate of drug-likeness (QED) is 0.504. The minimum atomic E-state index is -0.957. The lowest BCUT2D eigenvalue weighted by Gasteiger charge is -2.16. The van der Waals surface area contributed by atoms with Crippen molar-refractivity contribution in [2.75, 3.05) is 12.4 Å². The van der Waals surface area contributed by atoms with Gasteiger partial charge in [-0.2, -0.15) is 4.98 Å². The van der Waals surface area contributed by atoms with E-state index in [9.17, 15) is 13.6 Å². The van der Waals surface area contributed by atoms with Crippen molar-refractivity contribution in [1.82, 2.24) is 14.5 Å². The molecule has 0 spiro atoms. The van der Waals surface area contributed by atoms with Gasteiger partial charge in [0, 0.05) is 22.1 Å². The number of anilines is 2. The first-order valence-electron chi connectivity index (χ1n) is 8.57. The number of hydrogen-bond donors (Lipinski definition) is 2. The van der Waals surface area contributed by atoms with E-state index in [1.807, 2.05) is 6.07 Å². The number of methoxy groups -OCH3 is 1. The fourth-order valence-corrected chi connectivity index (χ4v) is 3.24. The summed E-state index contributed by atoms with van der Waals surface area (Å²) in [5, 5.41) is 4.44. The summed E-state index contributed by atoms with van der Waals surface area (Å²) in [6.45, 7) is 0.125. The molecule has 6 nitrogen and oxygen atoms in total. The molecule has 148 valence electrons. The van der Waals surface area contributed by atoms with Crippen molar-refractivity contribution in [3.63, 3.8) is 0 Å². The minimum Gasteiger partial charge on any atom is -0.490 e. The third-order valence-corrected chi connectivity index (χ3v) is 4.62. The van der Waals surface area contributed by atoms with Crippen LogP contribution in [0.4, 0.5) is 20.4 Å². The number of aromatic nitrogens is 3. The highest BCUT2D eigenvalue weighted by molar-refractivity contribution is 6.31. The molecule has 0 aliphatic carbocycles. The second kappa shape index (κ2) is 7.56. The highest BCUT2D eigenvalue weighted by Crippen LogP contribution is 2.29. The second-order valence-electron chi connectivity index (χ2n) is 6.33. The van der Waals surface area contributed by atoms with E-state index < -0.39 is 17.2 Å². The third kappa shape index (κ3) is 3.79. The molecule has 29 heavy (non-hydrogen) atoms. The van der Waals surface area contributed by atoms with Crippen molar-refractivity contribution in [3.05, 3.63) is 81.4 Å². The Kier molecular flexibility index (Phi) is 4.94. The van der Waals surface area contributed by atoms with Gasteiger partial charge in [0.1, 0.15) is 0 Å². The Hall–Kier alpha value is -3.39. The number of ether oxygens (including phenoxy) is 1. The average molecular weight is 417 g/mol. The molecule has 0 aliphatic rings. The van der Waals surface area contributed by atoms with Crippen LogP contribution in [-0.4, -0.2) is 21.6 Å².